The topological polar surface area (TPSA) is 78.1 Å². The Morgan fingerprint density at radius 3 is 1.71 bits per heavy atom. The Labute approximate surface area is 182 Å². The predicted octanol–water partition coefficient (Wildman–Crippen LogP) is 5.63. The molecule has 0 bridgehead atoms. The van der Waals surface area contributed by atoms with Crippen LogP contribution in [0.3, 0.4) is 0 Å². The van der Waals surface area contributed by atoms with Crippen molar-refractivity contribution < 1.29 is 9.53 Å². The highest BCUT2D eigenvalue weighted by molar-refractivity contribution is 5.88. The van der Waals surface area contributed by atoms with Gasteiger partial charge in [0.2, 0.25) is 0 Å². The maximum atomic E-state index is 9.96. The molecule has 0 radical (unpaired) electrons. The SMILES string of the molecule is CCC(=O)OC.Nc1nc(-c2ccccc2)nc(-c2ccccc2)c1-c1ccccc1. The number of hydrogen-bond donors (Lipinski definition) is 1. The number of esters is 1. The van der Waals surface area contributed by atoms with Gasteiger partial charge in [0.25, 0.3) is 0 Å². The lowest BCUT2D eigenvalue weighted by molar-refractivity contribution is -0.140. The first-order chi connectivity index (χ1) is 15.1. The summed E-state index contributed by atoms with van der Waals surface area (Å²) >= 11 is 0. The number of ether oxygens (including phenoxy) is 1. The summed E-state index contributed by atoms with van der Waals surface area (Å²) in [7, 11) is 1.38. The molecule has 0 saturated carbocycles. The van der Waals surface area contributed by atoms with Gasteiger partial charge in [0.1, 0.15) is 5.82 Å². The summed E-state index contributed by atoms with van der Waals surface area (Å²) in [5, 5.41) is 0. The average Bonchev–Trinajstić information content (AvgIpc) is 2.85. The molecule has 1 heterocycles. The zero-order valence-electron chi connectivity index (χ0n) is 17.7. The van der Waals surface area contributed by atoms with Crippen LogP contribution in [0.4, 0.5) is 5.82 Å². The van der Waals surface area contributed by atoms with Crippen molar-refractivity contribution in [3.63, 3.8) is 0 Å². The van der Waals surface area contributed by atoms with Crippen molar-refractivity contribution in [2.45, 2.75) is 13.3 Å². The Kier molecular flexibility index (Phi) is 7.49. The van der Waals surface area contributed by atoms with Crippen LogP contribution in [0.25, 0.3) is 33.8 Å². The molecule has 4 rings (SSSR count). The van der Waals surface area contributed by atoms with Crippen molar-refractivity contribution in [2.75, 3.05) is 12.8 Å². The number of hydrogen-bond acceptors (Lipinski definition) is 5. The van der Waals surface area contributed by atoms with Gasteiger partial charge in [-0.2, -0.15) is 0 Å². The molecule has 0 atom stereocenters. The highest BCUT2D eigenvalue weighted by Gasteiger charge is 2.16. The first kappa shape index (κ1) is 21.7. The number of methoxy groups -OCH3 is 1. The van der Waals surface area contributed by atoms with Gasteiger partial charge in [-0.1, -0.05) is 97.9 Å². The summed E-state index contributed by atoms with van der Waals surface area (Å²) in [5.74, 6) is 0.963. The van der Waals surface area contributed by atoms with Crippen molar-refractivity contribution in [3.05, 3.63) is 91.0 Å². The molecule has 1 aromatic heterocycles. The van der Waals surface area contributed by atoms with Crippen LogP contribution in [0, 0.1) is 0 Å². The van der Waals surface area contributed by atoms with Gasteiger partial charge in [-0.15, -0.1) is 0 Å². The summed E-state index contributed by atoms with van der Waals surface area (Å²) in [5.41, 5.74) is 11.1. The summed E-state index contributed by atoms with van der Waals surface area (Å²) in [6.07, 6.45) is 0.469. The van der Waals surface area contributed by atoms with Gasteiger partial charge in [0.05, 0.1) is 18.4 Å². The Balaban J connectivity index is 0.000000401. The quantitative estimate of drug-likeness (QED) is 0.440. The fourth-order valence-electron chi connectivity index (χ4n) is 3.03. The number of carbonyl (C=O) groups is 1. The van der Waals surface area contributed by atoms with Gasteiger partial charge >= 0.3 is 5.97 Å². The average molecular weight is 412 g/mol. The lowest BCUT2D eigenvalue weighted by atomic mass is 9.99. The van der Waals surface area contributed by atoms with E-state index < -0.39 is 0 Å². The predicted molar refractivity (Wildman–Crippen MR) is 125 cm³/mol. The van der Waals surface area contributed by atoms with Crippen molar-refractivity contribution in [2.24, 2.45) is 0 Å². The van der Waals surface area contributed by atoms with E-state index in [0.29, 0.717) is 18.1 Å². The fraction of sp³-hybridized carbons (Fsp3) is 0.115. The minimum absolute atomic E-state index is 0.157. The molecule has 0 spiro atoms. The van der Waals surface area contributed by atoms with E-state index in [0.717, 1.165) is 27.9 Å². The summed E-state index contributed by atoms with van der Waals surface area (Å²) in [6, 6.07) is 30.0. The number of nitrogen functional groups attached to an aromatic ring is 1. The van der Waals surface area contributed by atoms with Crippen LogP contribution in [-0.2, 0) is 9.53 Å². The molecule has 5 nitrogen and oxygen atoms in total. The lowest BCUT2D eigenvalue weighted by Gasteiger charge is -2.14. The summed E-state index contributed by atoms with van der Waals surface area (Å²) < 4.78 is 4.26. The van der Waals surface area contributed by atoms with Gasteiger partial charge < -0.3 is 10.5 Å². The number of nitrogens with zero attached hydrogens (tertiary/aromatic N) is 2. The van der Waals surface area contributed by atoms with Crippen molar-refractivity contribution in [1.29, 1.82) is 0 Å². The largest absolute Gasteiger partial charge is 0.469 e. The normalized spacial score (nSPS) is 10.0. The van der Waals surface area contributed by atoms with Crippen LogP contribution in [0.5, 0.6) is 0 Å². The van der Waals surface area contributed by atoms with Crippen LogP contribution in [-0.4, -0.2) is 23.0 Å². The second kappa shape index (κ2) is 10.7. The molecule has 0 aliphatic carbocycles. The highest BCUT2D eigenvalue weighted by atomic mass is 16.5. The third-order valence-corrected chi connectivity index (χ3v) is 4.60. The van der Waals surface area contributed by atoms with E-state index in [9.17, 15) is 4.79 Å². The van der Waals surface area contributed by atoms with Gasteiger partial charge in [-0.3, -0.25) is 4.79 Å². The molecule has 3 aromatic carbocycles. The second-order valence-corrected chi connectivity index (χ2v) is 6.68. The van der Waals surface area contributed by atoms with E-state index >= 15 is 0 Å². The van der Waals surface area contributed by atoms with Crippen LogP contribution in [0.2, 0.25) is 0 Å². The number of rotatable bonds is 4. The van der Waals surface area contributed by atoms with Crippen LogP contribution < -0.4 is 5.73 Å². The van der Waals surface area contributed by atoms with E-state index in [1.54, 1.807) is 6.92 Å². The van der Waals surface area contributed by atoms with Gasteiger partial charge in [-0.25, -0.2) is 9.97 Å². The minimum atomic E-state index is -0.157. The van der Waals surface area contributed by atoms with E-state index in [1.165, 1.54) is 7.11 Å². The Morgan fingerprint density at radius 2 is 1.26 bits per heavy atom. The number of benzene rings is 3. The number of carbonyl (C=O) groups excluding carboxylic acids is 1. The van der Waals surface area contributed by atoms with Crippen LogP contribution in [0.15, 0.2) is 91.0 Å². The number of anilines is 1. The van der Waals surface area contributed by atoms with Crippen molar-refractivity contribution in [3.8, 4) is 33.8 Å². The van der Waals surface area contributed by atoms with Crippen LogP contribution in [0.1, 0.15) is 13.3 Å². The smallest absolute Gasteiger partial charge is 0.305 e. The molecule has 0 aliphatic heterocycles. The summed E-state index contributed by atoms with van der Waals surface area (Å²) in [6.45, 7) is 1.76. The van der Waals surface area contributed by atoms with Crippen LogP contribution >= 0.6 is 0 Å². The van der Waals surface area contributed by atoms with E-state index in [-0.39, 0.29) is 5.97 Å². The molecule has 0 saturated heterocycles. The second-order valence-electron chi connectivity index (χ2n) is 6.68. The van der Waals surface area contributed by atoms with Gasteiger partial charge in [0, 0.05) is 17.5 Å². The van der Waals surface area contributed by atoms with E-state index in [1.807, 2.05) is 91.0 Å². The third-order valence-electron chi connectivity index (χ3n) is 4.60. The molecule has 2 N–H and O–H groups in total. The zero-order chi connectivity index (χ0) is 22.1. The molecule has 4 aromatic rings. The van der Waals surface area contributed by atoms with Crippen molar-refractivity contribution in [1.82, 2.24) is 9.97 Å². The lowest BCUT2D eigenvalue weighted by Crippen LogP contribution is -2.02. The van der Waals surface area contributed by atoms with Gasteiger partial charge in [-0.05, 0) is 5.56 Å². The minimum Gasteiger partial charge on any atom is -0.469 e. The van der Waals surface area contributed by atoms with E-state index in [4.69, 9.17) is 10.7 Å². The fourth-order valence-corrected chi connectivity index (χ4v) is 3.03. The number of aromatic nitrogens is 2. The summed E-state index contributed by atoms with van der Waals surface area (Å²) in [4.78, 5) is 19.4. The molecule has 31 heavy (non-hydrogen) atoms. The third kappa shape index (κ3) is 5.54. The standard InChI is InChI=1S/C22H17N3.C4H8O2/c23-21-19(16-10-4-1-5-11-16)20(17-12-6-2-7-13-17)24-22(25-21)18-14-8-3-9-15-18;1-3-4(5)6-2/h1-15H,(H2,23,24,25);3H2,1-2H3. The highest BCUT2D eigenvalue weighted by Crippen LogP contribution is 2.35. The Hall–Kier alpha value is -3.99. The zero-order valence-corrected chi connectivity index (χ0v) is 17.7. The van der Waals surface area contributed by atoms with Gasteiger partial charge in [0.15, 0.2) is 5.82 Å². The molecular formula is C26H25N3O2. The molecule has 0 fully saturated rings. The molecule has 0 aliphatic rings. The maximum Gasteiger partial charge on any atom is 0.305 e. The molecule has 0 unspecified atom stereocenters. The Morgan fingerprint density at radius 1 is 0.774 bits per heavy atom. The molecule has 0 amide bonds. The Bertz CT molecular complexity index is 1110. The van der Waals surface area contributed by atoms with Crippen molar-refractivity contribution >= 4 is 11.8 Å². The first-order valence-corrected chi connectivity index (χ1v) is 10.0. The first-order valence-electron chi connectivity index (χ1n) is 10.0. The monoisotopic (exact) mass is 411 g/mol. The molecule has 156 valence electrons. The number of nitrogens with two attached hydrogens (primary N) is 1. The van der Waals surface area contributed by atoms with E-state index in [2.05, 4.69) is 9.72 Å². The molecule has 5 heteroatoms. The molecular weight excluding hydrogens is 386 g/mol. The maximum absolute atomic E-state index is 9.96.